The van der Waals surface area contributed by atoms with E-state index in [9.17, 15) is 0 Å². The minimum Gasteiger partial charge on any atom is -0.374 e. The Morgan fingerprint density at radius 1 is 1.60 bits per heavy atom. The number of nitrogens with two attached hydrogens (primary N) is 1. The lowest BCUT2D eigenvalue weighted by Crippen LogP contribution is -2.43. The molecule has 1 aromatic rings. The molecule has 1 aromatic heterocycles. The van der Waals surface area contributed by atoms with Gasteiger partial charge >= 0.3 is 0 Å². The number of pyridine rings is 1. The van der Waals surface area contributed by atoms with E-state index in [-0.39, 0.29) is 11.6 Å². The molecule has 0 amide bonds. The molecule has 0 bridgehead atoms. The second-order valence-corrected chi connectivity index (χ2v) is 7.12. The predicted octanol–water partition coefficient (Wildman–Crippen LogP) is 2.95. The fourth-order valence-corrected chi connectivity index (χ4v) is 4.89. The number of nitrogens with zero attached hydrogens (tertiary/aromatic N) is 1. The number of rotatable bonds is 3. The van der Waals surface area contributed by atoms with Gasteiger partial charge in [-0.25, -0.2) is 0 Å². The SMILES string of the molecule is CCc1cccnc1C(N)C1CCOC2(CCSC2)C1. The van der Waals surface area contributed by atoms with Crippen LogP contribution in [0.3, 0.4) is 0 Å². The van der Waals surface area contributed by atoms with E-state index in [0.717, 1.165) is 37.3 Å². The van der Waals surface area contributed by atoms with Gasteiger partial charge in [0.2, 0.25) is 0 Å². The van der Waals surface area contributed by atoms with Gasteiger partial charge in [0.15, 0.2) is 0 Å². The Morgan fingerprint density at radius 3 is 3.25 bits per heavy atom. The van der Waals surface area contributed by atoms with Crippen molar-refractivity contribution in [3.63, 3.8) is 0 Å². The molecule has 3 heterocycles. The minimum absolute atomic E-state index is 0.0533. The zero-order valence-electron chi connectivity index (χ0n) is 12.2. The summed E-state index contributed by atoms with van der Waals surface area (Å²) in [5.41, 5.74) is 9.07. The molecule has 2 aliphatic rings. The van der Waals surface area contributed by atoms with Crippen LogP contribution in [0, 0.1) is 5.92 Å². The molecule has 3 atom stereocenters. The van der Waals surface area contributed by atoms with Crippen molar-refractivity contribution < 1.29 is 4.74 Å². The van der Waals surface area contributed by atoms with Gasteiger partial charge in [-0.2, -0.15) is 11.8 Å². The predicted molar refractivity (Wildman–Crippen MR) is 83.9 cm³/mol. The molecule has 0 aliphatic carbocycles. The molecule has 3 unspecified atom stereocenters. The van der Waals surface area contributed by atoms with E-state index >= 15 is 0 Å². The van der Waals surface area contributed by atoms with E-state index in [1.54, 1.807) is 0 Å². The zero-order chi connectivity index (χ0) is 14.0. The molecule has 3 nitrogen and oxygen atoms in total. The Morgan fingerprint density at radius 2 is 2.50 bits per heavy atom. The first-order valence-electron chi connectivity index (χ1n) is 7.65. The van der Waals surface area contributed by atoms with Crippen LogP contribution >= 0.6 is 11.8 Å². The molecule has 0 aromatic carbocycles. The van der Waals surface area contributed by atoms with E-state index < -0.39 is 0 Å². The van der Waals surface area contributed by atoms with Gasteiger partial charge in [0, 0.05) is 18.6 Å². The molecule has 3 rings (SSSR count). The van der Waals surface area contributed by atoms with Crippen molar-refractivity contribution in [2.75, 3.05) is 18.1 Å². The lowest BCUT2D eigenvalue weighted by atomic mass is 9.79. The van der Waals surface area contributed by atoms with E-state index in [1.165, 1.54) is 17.7 Å². The summed E-state index contributed by atoms with van der Waals surface area (Å²) in [6.07, 6.45) is 6.22. The first-order valence-corrected chi connectivity index (χ1v) is 8.81. The topological polar surface area (TPSA) is 48.1 Å². The van der Waals surface area contributed by atoms with Gasteiger partial charge in [-0.1, -0.05) is 13.0 Å². The third-order valence-electron chi connectivity index (χ3n) is 4.73. The van der Waals surface area contributed by atoms with Crippen LogP contribution in [-0.4, -0.2) is 28.7 Å². The molecular weight excluding hydrogens is 268 g/mol. The average Bonchev–Trinajstić information content (AvgIpc) is 2.94. The highest BCUT2D eigenvalue weighted by Gasteiger charge is 2.42. The van der Waals surface area contributed by atoms with Crippen molar-refractivity contribution in [2.24, 2.45) is 11.7 Å². The van der Waals surface area contributed by atoms with Gasteiger partial charge in [0.1, 0.15) is 0 Å². The van der Waals surface area contributed by atoms with Gasteiger partial charge in [-0.3, -0.25) is 4.98 Å². The molecule has 110 valence electrons. The van der Waals surface area contributed by atoms with Gasteiger partial charge in [0.25, 0.3) is 0 Å². The number of aryl methyl sites for hydroxylation is 1. The van der Waals surface area contributed by atoms with Crippen LogP contribution in [0.1, 0.15) is 43.5 Å². The fourth-order valence-electron chi connectivity index (χ4n) is 3.51. The number of thioether (sulfide) groups is 1. The van der Waals surface area contributed by atoms with Gasteiger partial charge in [-0.05, 0) is 49.0 Å². The summed E-state index contributed by atoms with van der Waals surface area (Å²) in [6, 6.07) is 4.22. The lowest BCUT2D eigenvalue weighted by molar-refractivity contribution is -0.0836. The summed E-state index contributed by atoms with van der Waals surface area (Å²) in [5, 5.41) is 0. The summed E-state index contributed by atoms with van der Waals surface area (Å²) in [6.45, 7) is 3.03. The normalized spacial score (nSPS) is 31.6. The molecule has 2 saturated heterocycles. The second-order valence-electron chi connectivity index (χ2n) is 6.01. The van der Waals surface area contributed by atoms with Crippen molar-refractivity contribution in [1.29, 1.82) is 0 Å². The molecule has 4 heteroatoms. The Hall–Kier alpha value is -0.580. The minimum atomic E-state index is 0.0533. The maximum Gasteiger partial charge on any atom is 0.0783 e. The number of ether oxygens (including phenoxy) is 1. The zero-order valence-corrected chi connectivity index (χ0v) is 13.0. The first kappa shape index (κ1) is 14.4. The number of hydrogen-bond donors (Lipinski definition) is 1. The molecule has 0 saturated carbocycles. The summed E-state index contributed by atoms with van der Waals surface area (Å²) in [7, 11) is 0. The largest absolute Gasteiger partial charge is 0.374 e. The average molecular weight is 292 g/mol. The standard InChI is InChI=1S/C16H24N2OS/c1-2-12-4-3-7-18-15(12)14(17)13-5-8-19-16(10-13)6-9-20-11-16/h3-4,7,13-14H,2,5-6,8-11,17H2,1H3. The molecule has 2 aliphatic heterocycles. The van der Waals surface area contributed by atoms with Gasteiger partial charge in [-0.15, -0.1) is 0 Å². The fraction of sp³-hybridized carbons (Fsp3) is 0.688. The quantitative estimate of drug-likeness (QED) is 0.930. The molecule has 0 radical (unpaired) electrons. The highest BCUT2D eigenvalue weighted by molar-refractivity contribution is 7.99. The van der Waals surface area contributed by atoms with Gasteiger partial charge < -0.3 is 10.5 Å². The van der Waals surface area contributed by atoms with Crippen molar-refractivity contribution in [1.82, 2.24) is 4.98 Å². The van der Waals surface area contributed by atoms with Crippen LogP contribution < -0.4 is 5.73 Å². The number of hydrogen-bond acceptors (Lipinski definition) is 4. The van der Waals surface area contributed by atoms with Crippen LogP contribution in [0.15, 0.2) is 18.3 Å². The molecular formula is C16H24N2OS. The van der Waals surface area contributed by atoms with E-state index in [0.29, 0.717) is 5.92 Å². The van der Waals surface area contributed by atoms with Crippen LogP contribution in [0.25, 0.3) is 0 Å². The Balaban J connectivity index is 1.77. The lowest BCUT2D eigenvalue weighted by Gasteiger charge is -2.40. The second kappa shape index (κ2) is 6.04. The van der Waals surface area contributed by atoms with Crippen molar-refractivity contribution in [3.8, 4) is 0 Å². The smallest absolute Gasteiger partial charge is 0.0783 e. The van der Waals surface area contributed by atoms with E-state index in [2.05, 4.69) is 18.0 Å². The summed E-state index contributed by atoms with van der Waals surface area (Å²) >= 11 is 2.02. The summed E-state index contributed by atoms with van der Waals surface area (Å²) in [4.78, 5) is 4.57. The van der Waals surface area contributed by atoms with E-state index in [4.69, 9.17) is 10.5 Å². The monoisotopic (exact) mass is 292 g/mol. The highest BCUT2D eigenvalue weighted by Crippen LogP contribution is 2.43. The summed E-state index contributed by atoms with van der Waals surface area (Å²) < 4.78 is 6.10. The first-order chi connectivity index (χ1) is 9.74. The maximum atomic E-state index is 6.57. The molecule has 2 N–H and O–H groups in total. The van der Waals surface area contributed by atoms with Crippen LogP contribution in [-0.2, 0) is 11.2 Å². The maximum absolute atomic E-state index is 6.57. The van der Waals surface area contributed by atoms with Crippen molar-refractivity contribution >= 4 is 11.8 Å². The third kappa shape index (κ3) is 2.74. The Labute approximate surface area is 125 Å². The van der Waals surface area contributed by atoms with E-state index in [1.807, 2.05) is 24.0 Å². The molecule has 20 heavy (non-hydrogen) atoms. The van der Waals surface area contributed by atoms with Crippen LogP contribution in [0.2, 0.25) is 0 Å². The van der Waals surface area contributed by atoms with Crippen molar-refractivity contribution in [3.05, 3.63) is 29.6 Å². The highest BCUT2D eigenvalue weighted by atomic mass is 32.2. The molecule has 2 fully saturated rings. The van der Waals surface area contributed by atoms with Crippen molar-refractivity contribution in [2.45, 2.75) is 44.2 Å². The third-order valence-corrected chi connectivity index (χ3v) is 5.95. The Bertz CT molecular complexity index is 460. The Kier molecular flexibility index (Phi) is 4.34. The van der Waals surface area contributed by atoms with Gasteiger partial charge in [0.05, 0.1) is 17.3 Å². The molecule has 1 spiro atoms. The van der Waals surface area contributed by atoms with Crippen LogP contribution in [0.4, 0.5) is 0 Å². The van der Waals surface area contributed by atoms with Crippen LogP contribution in [0.5, 0.6) is 0 Å². The number of aromatic nitrogens is 1. The summed E-state index contributed by atoms with van der Waals surface area (Å²) in [5.74, 6) is 2.87.